The molecule has 0 radical (unpaired) electrons. The summed E-state index contributed by atoms with van der Waals surface area (Å²) in [5, 5.41) is 3.32. The van der Waals surface area contributed by atoms with Gasteiger partial charge in [0.1, 0.15) is 0 Å². The van der Waals surface area contributed by atoms with Crippen LogP contribution in [0.5, 0.6) is 0 Å². The smallest absolute Gasteiger partial charge is 0.0474 e. The van der Waals surface area contributed by atoms with E-state index in [9.17, 15) is 0 Å². The van der Waals surface area contributed by atoms with E-state index >= 15 is 0 Å². The van der Waals surface area contributed by atoms with Crippen LogP contribution in [0.3, 0.4) is 0 Å². The van der Waals surface area contributed by atoms with Gasteiger partial charge in [0, 0.05) is 19.6 Å². The number of rotatable bonds is 8. The molecular weight excluding hydrogens is 162 g/mol. The topological polar surface area (TPSA) is 21.3 Å². The maximum absolute atomic E-state index is 5.52. The molecular formula is C8H18ClNO. The fourth-order valence-corrected chi connectivity index (χ4v) is 1.000. The first kappa shape index (κ1) is 11.2. The second kappa shape index (κ2) is 10.2. The summed E-state index contributed by atoms with van der Waals surface area (Å²) in [6.07, 6.45) is 3.38. The average Bonchev–Trinajstić information content (AvgIpc) is 2.03. The number of halogens is 1. The second-order valence-corrected chi connectivity index (χ2v) is 2.87. The predicted molar refractivity (Wildman–Crippen MR) is 49.3 cm³/mol. The van der Waals surface area contributed by atoms with Gasteiger partial charge in [-0.25, -0.2) is 0 Å². The van der Waals surface area contributed by atoms with E-state index in [0.717, 1.165) is 38.4 Å². The fourth-order valence-electron chi connectivity index (χ4n) is 0.811. The van der Waals surface area contributed by atoms with Gasteiger partial charge in [-0.1, -0.05) is 0 Å². The van der Waals surface area contributed by atoms with Gasteiger partial charge in [-0.15, -0.1) is 11.6 Å². The van der Waals surface area contributed by atoms with E-state index < -0.39 is 0 Å². The van der Waals surface area contributed by atoms with Crippen molar-refractivity contribution in [3.05, 3.63) is 0 Å². The summed E-state index contributed by atoms with van der Waals surface area (Å²) >= 11 is 5.52. The molecule has 1 N–H and O–H groups in total. The highest BCUT2D eigenvalue weighted by Crippen LogP contribution is 1.89. The second-order valence-electron chi connectivity index (χ2n) is 2.49. The minimum Gasteiger partial charge on any atom is -0.385 e. The quantitative estimate of drug-likeness (QED) is 0.452. The molecule has 0 unspecified atom stereocenters. The van der Waals surface area contributed by atoms with E-state index in [1.807, 2.05) is 0 Å². The Morgan fingerprint density at radius 1 is 1.18 bits per heavy atom. The molecule has 0 rings (SSSR count). The van der Waals surface area contributed by atoms with Crippen molar-refractivity contribution in [1.82, 2.24) is 5.32 Å². The van der Waals surface area contributed by atoms with Crippen LogP contribution in [0.15, 0.2) is 0 Å². The van der Waals surface area contributed by atoms with Crippen LogP contribution in [-0.4, -0.2) is 32.7 Å². The highest BCUT2D eigenvalue weighted by atomic mass is 35.5. The van der Waals surface area contributed by atoms with Gasteiger partial charge in [0.2, 0.25) is 0 Å². The molecule has 0 aliphatic heterocycles. The number of hydrogen-bond donors (Lipinski definition) is 1. The number of hydrogen-bond acceptors (Lipinski definition) is 2. The average molecular weight is 180 g/mol. The number of ether oxygens (including phenoxy) is 1. The van der Waals surface area contributed by atoms with Gasteiger partial charge in [0.05, 0.1) is 0 Å². The molecule has 0 saturated heterocycles. The lowest BCUT2D eigenvalue weighted by Crippen LogP contribution is -2.17. The van der Waals surface area contributed by atoms with E-state index in [2.05, 4.69) is 5.32 Å². The van der Waals surface area contributed by atoms with Crippen molar-refractivity contribution in [2.24, 2.45) is 0 Å². The molecule has 0 aromatic heterocycles. The van der Waals surface area contributed by atoms with Gasteiger partial charge in [0.25, 0.3) is 0 Å². The lowest BCUT2D eigenvalue weighted by atomic mass is 10.3. The molecule has 3 heteroatoms. The first-order valence-electron chi connectivity index (χ1n) is 4.17. The van der Waals surface area contributed by atoms with E-state index in [0.29, 0.717) is 0 Å². The third-order valence-electron chi connectivity index (χ3n) is 1.44. The van der Waals surface area contributed by atoms with Crippen LogP contribution in [0.1, 0.15) is 19.3 Å². The summed E-state index contributed by atoms with van der Waals surface area (Å²) in [5.41, 5.74) is 0. The summed E-state index contributed by atoms with van der Waals surface area (Å²) in [6, 6.07) is 0. The minimum absolute atomic E-state index is 0.778. The molecule has 0 bridgehead atoms. The predicted octanol–water partition coefficient (Wildman–Crippen LogP) is 1.63. The lowest BCUT2D eigenvalue weighted by molar-refractivity contribution is 0.194. The third kappa shape index (κ3) is 10.2. The largest absolute Gasteiger partial charge is 0.385 e. The highest BCUT2D eigenvalue weighted by molar-refractivity contribution is 6.17. The number of unbranched alkanes of at least 4 members (excludes halogenated alkanes) is 1. The van der Waals surface area contributed by atoms with Crippen molar-refractivity contribution in [1.29, 1.82) is 0 Å². The van der Waals surface area contributed by atoms with Crippen LogP contribution < -0.4 is 5.32 Å². The summed E-state index contributed by atoms with van der Waals surface area (Å²) < 4.78 is 4.91. The molecule has 0 spiro atoms. The Morgan fingerprint density at radius 3 is 2.55 bits per heavy atom. The zero-order chi connectivity index (χ0) is 8.36. The maximum atomic E-state index is 5.52. The molecule has 0 amide bonds. The van der Waals surface area contributed by atoms with Gasteiger partial charge in [-0.05, 0) is 32.4 Å². The SMILES string of the molecule is COCCCNCCCCCl. The summed E-state index contributed by atoms with van der Waals surface area (Å²) in [4.78, 5) is 0. The number of alkyl halides is 1. The molecule has 0 fully saturated rings. The van der Waals surface area contributed by atoms with Crippen molar-refractivity contribution in [2.45, 2.75) is 19.3 Å². The van der Waals surface area contributed by atoms with Crippen LogP contribution in [0.2, 0.25) is 0 Å². The van der Waals surface area contributed by atoms with Gasteiger partial charge in [-0.3, -0.25) is 0 Å². The van der Waals surface area contributed by atoms with Crippen molar-refractivity contribution < 1.29 is 4.74 Å². The molecule has 0 aliphatic rings. The van der Waals surface area contributed by atoms with Crippen molar-refractivity contribution >= 4 is 11.6 Å². The van der Waals surface area contributed by atoms with Crippen molar-refractivity contribution in [3.8, 4) is 0 Å². The number of nitrogens with one attached hydrogen (secondary N) is 1. The third-order valence-corrected chi connectivity index (χ3v) is 1.71. The Hall–Kier alpha value is 0.210. The Kier molecular flexibility index (Phi) is 10.4. The van der Waals surface area contributed by atoms with E-state index in [-0.39, 0.29) is 0 Å². The van der Waals surface area contributed by atoms with E-state index in [4.69, 9.17) is 16.3 Å². The van der Waals surface area contributed by atoms with Crippen LogP contribution in [0.4, 0.5) is 0 Å². The molecule has 0 aliphatic carbocycles. The lowest BCUT2D eigenvalue weighted by Gasteiger charge is -2.02. The summed E-state index contributed by atoms with van der Waals surface area (Å²) in [5.74, 6) is 0.778. The highest BCUT2D eigenvalue weighted by Gasteiger charge is 1.87. The molecule has 2 nitrogen and oxygen atoms in total. The van der Waals surface area contributed by atoms with Crippen molar-refractivity contribution in [3.63, 3.8) is 0 Å². The Morgan fingerprint density at radius 2 is 1.91 bits per heavy atom. The minimum atomic E-state index is 0.778. The molecule has 0 heterocycles. The zero-order valence-electron chi connectivity index (χ0n) is 7.24. The fraction of sp³-hybridized carbons (Fsp3) is 1.00. The van der Waals surface area contributed by atoms with Gasteiger partial charge in [0.15, 0.2) is 0 Å². The van der Waals surface area contributed by atoms with E-state index in [1.54, 1.807) is 7.11 Å². The molecule has 0 saturated carbocycles. The van der Waals surface area contributed by atoms with Crippen molar-refractivity contribution in [2.75, 3.05) is 32.7 Å². The first-order chi connectivity index (χ1) is 5.41. The summed E-state index contributed by atoms with van der Waals surface area (Å²) in [7, 11) is 1.73. The zero-order valence-corrected chi connectivity index (χ0v) is 7.99. The summed E-state index contributed by atoms with van der Waals surface area (Å²) in [6.45, 7) is 2.98. The van der Waals surface area contributed by atoms with Gasteiger partial charge in [-0.2, -0.15) is 0 Å². The molecule has 11 heavy (non-hydrogen) atoms. The van der Waals surface area contributed by atoms with Crippen LogP contribution in [-0.2, 0) is 4.74 Å². The maximum Gasteiger partial charge on any atom is 0.0474 e. The standard InChI is InChI=1S/C8H18ClNO/c1-11-8-4-7-10-6-3-2-5-9/h10H,2-8H2,1H3. The van der Waals surface area contributed by atoms with Crippen LogP contribution >= 0.6 is 11.6 Å². The molecule has 0 aromatic carbocycles. The first-order valence-corrected chi connectivity index (χ1v) is 4.71. The Labute approximate surface area is 74.3 Å². The molecule has 68 valence electrons. The number of methoxy groups -OCH3 is 1. The van der Waals surface area contributed by atoms with Crippen LogP contribution in [0, 0.1) is 0 Å². The monoisotopic (exact) mass is 179 g/mol. The van der Waals surface area contributed by atoms with E-state index in [1.165, 1.54) is 6.42 Å². The van der Waals surface area contributed by atoms with Crippen LogP contribution in [0.25, 0.3) is 0 Å². The van der Waals surface area contributed by atoms with Gasteiger partial charge < -0.3 is 10.1 Å². The molecule has 0 atom stereocenters. The Bertz CT molecular complexity index is 63.1. The Balaban J connectivity index is 2.69. The normalized spacial score (nSPS) is 10.4. The van der Waals surface area contributed by atoms with Gasteiger partial charge >= 0.3 is 0 Å². The molecule has 0 aromatic rings.